The van der Waals surface area contributed by atoms with Crippen LogP contribution in [0.5, 0.6) is 11.5 Å². The highest BCUT2D eigenvalue weighted by atomic mass is 79.9. The molecule has 2 rings (SSSR count). The number of aliphatic hydroxyl groups is 1. The van der Waals surface area contributed by atoms with Crippen molar-refractivity contribution in [2.24, 2.45) is 0 Å². The van der Waals surface area contributed by atoms with Crippen LogP contribution in [0.4, 0.5) is 0 Å². The minimum atomic E-state index is -1.21. The van der Waals surface area contributed by atoms with Gasteiger partial charge in [0.25, 0.3) is 0 Å². The molecule has 0 aliphatic rings. The zero-order valence-electron chi connectivity index (χ0n) is 12.5. The first-order chi connectivity index (χ1) is 11.0. The molecule has 0 atom stereocenters. The zero-order chi connectivity index (χ0) is 16.8. The molecule has 0 aliphatic heterocycles. The van der Waals surface area contributed by atoms with Crippen molar-refractivity contribution in [1.82, 2.24) is 0 Å². The number of carboxylic acids is 1. The summed E-state index contributed by atoms with van der Waals surface area (Å²) in [6.45, 7) is 2.49. The number of hydrogen-bond donors (Lipinski definition) is 1. The van der Waals surface area contributed by atoms with Crippen LogP contribution in [-0.4, -0.2) is 17.7 Å². The van der Waals surface area contributed by atoms with Gasteiger partial charge in [0.2, 0.25) is 0 Å². The summed E-state index contributed by atoms with van der Waals surface area (Å²) in [5, 5.41) is 20.0. The lowest BCUT2D eigenvalue weighted by atomic mass is 10.1. The fourth-order valence-corrected chi connectivity index (χ4v) is 2.61. The number of carbonyl (C=O) groups is 1. The highest BCUT2D eigenvalue weighted by Crippen LogP contribution is 2.37. The van der Waals surface area contributed by atoms with E-state index in [0.29, 0.717) is 28.1 Å². The summed E-state index contributed by atoms with van der Waals surface area (Å²) in [6.07, 6.45) is 0. The Morgan fingerprint density at radius 3 is 2.43 bits per heavy atom. The Labute approximate surface area is 142 Å². The first kappa shape index (κ1) is 17.3. The molecule has 6 heteroatoms. The molecule has 0 bridgehead atoms. The number of rotatable bonds is 7. The maximum Gasteiger partial charge on any atom is 0.175 e. The van der Waals surface area contributed by atoms with Gasteiger partial charge in [-0.3, -0.25) is 0 Å². The first-order valence-electron chi connectivity index (χ1n) is 7.04. The van der Waals surface area contributed by atoms with Gasteiger partial charge < -0.3 is 24.5 Å². The van der Waals surface area contributed by atoms with Gasteiger partial charge in [0.05, 0.1) is 23.7 Å². The van der Waals surface area contributed by atoms with Gasteiger partial charge in [0.1, 0.15) is 6.61 Å². The minimum Gasteiger partial charge on any atom is -0.545 e. The van der Waals surface area contributed by atoms with E-state index < -0.39 is 5.97 Å². The summed E-state index contributed by atoms with van der Waals surface area (Å²) in [5.74, 6) is -0.135. The maximum atomic E-state index is 10.7. The van der Waals surface area contributed by atoms with Crippen molar-refractivity contribution in [3.63, 3.8) is 0 Å². The molecule has 2 aromatic rings. The molecule has 0 saturated carbocycles. The number of carbonyl (C=O) groups excluding carboxylic acids is 1. The Morgan fingerprint density at radius 2 is 1.87 bits per heavy atom. The number of aliphatic hydroxyl groups excluding tert-OH is 1. The summed E-state index contributed by atoms with van der Waals surface area (Å²) in [4.78, 5) is 10.7. The molecule has 0 aromatic heterocycles. The van der Waals surface area contributed by atoms with Crippen LogP contribution in [0.2, 0.25) is 0 Å². The highest BCUT2D eigenvalue weighted by molar-refractivity contribution is 9.10. The van der Waals surface area contributed by atoms with Gasteiger partial charge in [-0.15, -0.1) is 0 Å². The van der Waals surface area contributed by atoms with Crippen LogP contribution in [0.15, 0.2) is 40.9 Å². The van der Waals surface area contributed by atoms with Crippen molar-refractivity contribution < 1.29 is 24.5 Å². The number of aromatic carboxylic acids is 1. The van der Waals surface area contributed by atoms with Crippen molar-refractivity contribution in [2.75, 3.05) is 6.61 Å². The lowest BCUT2D eigenvalue weighted by Gasteiger charge is -2.15. The summed E-state index contributed by atoms with van der Waals surface area (Å²) < 4.78 is 12.0. The van der Waals surface area contributed by atoms with Crippen molar-refractivity contribution in [1.29, 1.82) is 0 Å². The van der Waals surface area contributed by atoms with Crippen LogP contribution < -0.4 is 14.6 Å². The van der Waals surface area contributed by atoms with Crippen LogP contribution in [-0.2, 0) is 13.2 Å². The predicted octanol–water partition coefficient (Wildman–Crippen LogP) is 2.28. The average Bonchev–Trinajstić information content (AvgIpc) is 2.54. The van der Waals surface area contributed by atoms with E-state index in [2.05, 4.69) is 15.9 Å². The number of hydrogen-bond acceptors (Lipinski definition) is 5. The van der Waals surface area contributed by atoms with E-state index in [1.54, 1.807) is 24.3 Å². The van der Waals surface area contributed by atoms with Crippen molar-refractivity contribution >= 4 is 21.9 Å². The molecule has 0 amide bonds. The van der Waals surface area contributed by atoms with Crippen molar-refractivity contribution in [2.45, 2.75) is 20.1 Å². The molecule has 23 heavy (non-hydrogen) atoms. The van der Waals surface area contributed by atoms with E-state index in [1.165, 1.54) is 12.1 Å². The Morgan fingerprint density at radius 1 is 1.17 bits per heavy atom. The molecule has 1 N–H and O–H groups in total. The molecule has 0 spiro atoms. The summed E-state index contributed by atoms with van der Waals surface area (Å²) in [6, 6.07) is 9.77. The monoisotopic (exact) mass is 379 g/mol. The number of ether oxygens (including phenoxy) is 2. The lowest BCUT2D eigenvalue weighted by Crippen LogP contribution is -2.22. The van der Waals surface area contributed by atoms with Crippen LogP contribution in [0, 0.1) is 0 Å². The standard InChI is InChI=1S/C17H17BrO5/c1-2-22-15-8-12(9-19)7-14(18)16(15)23-10-11-3-5-13(6-4-11)17(20)21/h3-8,19H,2,9-10H2,1H3,(H,20,21)/p-1. The third-order valence-corrected chi connectivity index (χ3v) is 3.71. The smallest absolute Gasteiger partial charge is 0.175 e. The second kappa shape index (κ2) is 7.99. The van der Waals surface area contributed by atoms with Gasteiger partial charge in [-0.05, 0) is 51.7 Å². The largest absolute Gasteiger partial charge is 0.545 e. The first-order valence-corrected chi connectivity index (χ1v) is 7.83. The SMILES string of the molecule is CCOc1cc(CO)cc(Br)c1OCc1ccc(C(=O)[O-])cc1. The van der Waals surface area contributed by atoms with Gasteiger partial charge in [0, 0.05) is 0 Å². The second-order valence-corrected chi connectivity index (χ2v) is 5.62. The highest BCUT2D eigenvalue weighted by Gasteiger charge is 2.12. The van der Waals surface area contributed by atoms with Crippen LogP contribution in [0.25, 0.3) is 0 Å². The predicted molar refractivity (Wildman–Crippen MR) is 86.3 cm³/mol. The fourth-order valence-electron chi connectivity index (χ4n) is 2.01. The summed E-state index contributed by atoms with van der Waals surface area (Å²) in [7, 11) is 0. The third-order valence-electron chi connectivity index (χ3n) is 3.12. The molecule has 2 aromatic carbocycles. The minimum absolute atomic E-state index is 0.0936. The van der Waals surface area contributed by atoms with E-state index in [4.69, 9.17) is 9.47 Å². The van der Waals surface area contributed by atoms with Gasteiger partial charge in [0.15, 0.2) is 11.5 Å². The van der Waals surface area contributed by atoms with Gasteiger partial charge in [-0.1, -0.05) is 24.3 Å². The Balaban J connectivity index is 2.17. The zero-order valence-corrected chi connectivity index (χ0v) is 14.1. The summed E-state index contributed by atoms with van der Waals surface area (Å²) in [5.41, 5.74) is 1.65. The van der Waals surface area contributed by atoms with Crippen LogP contribution in [0.1, 0.15) is 28.4 Å². The Bertz CT molecular complexity index is 682. The van der Waals surface area contributed by atoms with Crippen LogP contribution in [0.3, 0.4) is 0 Å². The maximum absolute atomic E-state index is 10.7. The Hall–Kier alpha value is -2.05. The number of benzene rings is 2. The lowest BCUT2D eigenvalue weighted by molar-refractivity contribution is -0.255. The normalized spacial score (nSPS) is 10.4. The van der Waals surface area contributed by atoms with E-state index in [-0.39, 0.29) is 18.8 Å². The third kappa shape index (κ3) is 4.46. The molecule has 0 radical (unpaired) electrons. The quantitative estimate of drug-likeness (QED) is 0.798. The topological polar surface area (TPSA) is 78.8 Å². The molecular formula is C17H16BrO5-. The fraction of sp³-hybridized carbons (Fsp3) is 0.235. The van der Waals surface area contributed by atoms with Crippen LogP contribution >= 0.6 is 15.9 Å². The van der Waals surface area contributed by atoms with E-state index in [1.807, 2.05) is 6.92 Å². The molecule has 0 unspecified atom stereocenters. The van der Waals surface area contributed by atoms with Gasteiger partial charge >= 0.3 is 0 Å². The van der Waals surface area contributed by atoms with Crippen molar-refractivity contribution in [3.05, 3.63) is 57.6 Å². The number of carboxylic acid groups (broad SMARTS) is 1. The molecule has 0 aliphatic carbocycles. The molecule has 0 heterocycles. The van der Waals surface area contributed by atoms with Gasteiger partial charge in [-0.25, -0.2) is 0 Å². The van der Waals surface area contributed by atoms with E-state index >= 15 is 0 Å². The average molecular weight is 380 g/mol. The molecule has 0 saturated heterocycles. The van der Waals surface area contributed by atoms with E-state index in [9.17, 15) is 15.0 Å². The van der Waals surface area contributed by atoms with Crippen molar-refractivity contribution in [3.8, 4) is 11.5 Å². The number of halogens is 1. The molecule has 0 fully saturated rings. The molecule has 122 valence electrons. The summed E-state index contributed by atoms with van der Waals surface area (Å²) >= 11 is 3.41. The van der Waals surface area contributed by atoms with Gasteiger partial charge in [-0.2, -0.15) is 0 Å². The Kier molecular flexibility index (Phi) is 6.01. The second-order valence-electron chi connectivity index (χ2n) is 4.77. The molecular weight excluding hydrogens is 364 g/mol. The van der Waals surface area contributed by atoms with E-state index in [0.717, 1.165) is 5.56 Å². The molecule has 5 nitrogen and oxygen atoms in total.